The summed E-state index contributed by atoms with van der Waals surface area (Å²) in [6.07, 6.45) is 0. The van der Waals surface area contributed by atoms with Crippen molar-refractivity contribution < 1.29 is 0 Å². The first-order valence-electron chi connectivity index (χ1n) is 3.76. The molecule has 0 heterocycles. The largest absolute Gasteiger partial charge is 0.314 e. The van der Waals surface area contributed by atoms with Crippen molar-refractivity contribution in [3.63, 3.8) is 0 Å². The van der Waals surface area contributed by atoms with E-state index < -0.39 is 0 Å². The van der Waals surface area contributed by atoms with Crippen LogP contribution in [0.3, 0.4) is 0 Å². The van der Waals surface area contributed by atoms with E-state index in [0.717, 1.165) is 0 Å². The second-order valence-electron chi connectivity index (χ2n) is 3.54. The Bertz CT molecular complexity index is 125. The molecule has 0 saturated carbocycles. The molecule has 0 spiro atoms. The lowest BCUT2D eigenvalue weighted by Gasteiger charge is -2.31. The van der Waals surface area contributed by atoms with Crippen LogP contribution in [0.5, 0.6) is 0 Å². The van der Waals surface area contributed by atoms with E-state index in [4.69, 9.17) is 0 Å². The zero-order chi connectivity index (χ0) is 8.36. The summed E-state index contributed by atoms with van der Waals surface area (Å²) in [6, 6.07) is 0. The molecule has 1 heteroatoms. The quantitative estimate of drug-likeness (QED) is 0.594. The third-order valence-electron chi connectivity index (χ3n) is 2.47. The van der Waals surface area contributed by atoms with Gasteiger partial charge in [-0.15, -0.1) is 0 Å². The summed E-state index contributed by atoms with van der Waals surface area (Å²) in [7, 11) is 1.99. The van der Waals surface area contributed by atoms with E-state index >= 15 is 0 Å². The van der Waals surface area contributed by atoms with Crippen molar-refractivity contribution >= 4 is 0 Å². The topological polar surface area (TPSA) is 12.0 Å². The average Bonchev–Trinajstić information content (AvgIpc) is 1.86. The van der Waals surface area contributed by atoms with E-state index in [9.17, 15) is 0 Å². The zero-order valence-electron chi connectivity index (χ0n) is 7.78. The summed E-state index contributed by atoms with van der Waals surface area (Å²) in [4.78, 5) is 0. The van der Waals surface area contributed by atoms with E-state index in [-0.39, 0.29) is 5.54 Å². The number of rotatable bonds is 3. The van der Waals surface area contributed by atoms with Crippen molar-refractivity contribution in [2.45, 2.75) is 33.2 Å². The van der Waals surface area contributed by atoms with Crippen LogP contribution < -0.4 is 5.32 Å². The lowest BCUT2D eigenvalue weighted by molar-refractivity contribution is 0.326. The van der Waals surface area contributed by atoms with Crippen LogP contribution in [0.1, 0.15) is 27.7 Å². The van der Waals surface area contributed by atoms with Crippen molar-refractivity contribution in [3.8, 4) is 0 Å². The van der Waals surface area contributed by atoms with Gasteiger partial charge in [-0.05, 0) is 33.7 Å². The summed E-state index contributed by atoms with van der Waals surface area (Å²) in [5, 5.41) is 3.26. The molecule has 0 aromatic carbocycles. The minimum atomic E-state index is 0.172. The van der Waals surface area contributed by atoms with Crippen molar-refractivity contribution in [1.82, 2.24) is 5.32 Å². The van der Waals surface area contributed by atoms with Crippen LogP contribution in [0.25, 0.3) is 0 Å². The standard InChI is InChI=1S/C9H19N/c1-7(2)8(3)9(4,5)10-6/h8,10H,1H2,2-6H3. The molecular formula is C9H19N. The fourth-order valence-corrected chi connectivity index (χ4v) is 0.833. The summed E-state index contributed by atoms with van der Waals surface area (Å²) in [6.45, 7) is 12.6. The van der Waals surface area contributed by atoms with Crippen LogP contribution in [-0.2, 0) is 0 Å². The molecule has 60 valence electrons. The summed E-state index contributed by atoms with van der Waals surface area (Å²) >= 11 is 0. The van der Waals surface area contributed by atoms with Gasteiger partial charge in [0.05, 0.1) is 0 Å². The van der Waals surface area contributed by atoms with Crippen LogP contribution in [0, 0.1) is 5.92 Å². The van der Waals surface area contributed by atoms with Gasteiger partial charge in [-0.3, -0.25) is 0 Å². The van der Waals surface area contributed by atoms with Crippen LogP contribution in [-0.4, -0.2) is 12.6 Å². The highest BCUT2D eigenvalue weighted by Gasteiger charge is 2.23. The average molecular weight is 141 g/mol. The molecular weight excluding hydrogens is 122 g/mol. The molecule has 0 bridgehead atoms. The Morgan fingerprint density at radius 1 is 1.50 bits per heavy atom. The normalized spacial score (nSPS) is 14.9. The molecule has 0 amide bonds. The molecule has 10 heavy (non-hydrogen) atoms. The second kappa shape index (κ2) is 3.20. The van der Waals surface area contributed by atoms with E-state index in [1.807, 2.05) is 7.05 Å². The Balaban J connectivity index is 4.17. The van der Waals surface area contributed by atoms with E-state index in [0.29, 0.717) is 5.92 Å². The molecule has 1 unspecified atom stereocenters. The minimum Gasteiger partial charge on any atom is -0.314 e. The molecule has 0 aliphatic rings. The Kier molecular flexibility index (Phi) is 3.10. The van der Waals surface area contributed by atoms with Gasteiger partial charge in [-0.2, -0.15) is 0 Å². The van der Waals surface area contributed by atoms with Gasteiger partial charge in [-0.25, -0.2) is 0 Å². The molecule has 0 fully saturated rings. The maximum absolute atomic E-state index is 3.93. The minimum absolute atomic E-state index is 0.172. The predicted octanol–water partition coefficient (Wildman–Crippen LogP) is 2.20. The Morgan fingerprint density at radius 3 is 2.00 bits per heavy atom. The van der Waals surface area contributed by atoms with Crippen LogP contribution in [0.15, 0.2) is 12.2 Å². The van der Waals surface area contributed by atoms with Crippen molar-refractivity contribution in [3.05, 3.63) is 12.2 Å². The van der Waals surface area contributed by atoms with Gasteiger partial charge in [0.15, 0.2) is 0 Å². The highest BCUT2D eigenvalue weighted by Crippen LogP contribution is 2.21. The maximum atomic E-state index is 3.93. The monoisotopic (exact) mass is 141 g/mol. The first-order valence-corrected chi connectivity index (χ1v) is 3.76. The third kappa shape index (κ3) is 2.14. The Morgan fingerprint density at radius 2 is 1.90 bits per heavy atom. The summed E-state index contributed by atoms with van der Waals surface area (Å²) in [5.41, 5.74) is 1.41. The first kappa shape index (κ1) is 9.70. The smallest absolute Gasteiger partial charge is 0.0184 e. The van der Waals surface area contributed by atoms with Crippen LogP contribution in [0.4, 0.5) is 0 Å². The van der Waals surface area contributed by atoms with Gasteiger partial charge in [0.25, 0.3) is 0 Å². The van der Waals surface area contributed by atoms with Gasteiger partial charge in [0.1, 0.15) is 0 Å². The van der Waals surface area contributed by atoms with Gasteiger partial charge in [-0.1, -0.05) is 19.1 Å². The fourth-order valence-electron chi connectivity index (χ4n) is 0.833. The van der Waals surface area contributed by atoms with Crippen molar-refractivity contribution in [1.29, 1.82) is 0 Å². The van der Waals surface area contributed by atoms with E-state index in [1.165, 1.54) is 5.57 Å². The first-order chi connectivity index (χ1) is 4.41. The van der Waals surface area contributed by atoms with Crippen molar-refractivity contribution in [2.24, 2.45) is 5.92 Å². The molecule has 0 aromatic rings. The third-order valence-corrected chi connectivity index (χ3v) is 2.47. The summed E-state index contributed by atoms with van der Waals surface area (Å²) < 4.78 is 0. The number of hydrogen-bond acceptors (Lipinski definition) is 1. The van der Waals surface area contributed by atoms with Crippen LogP contribution >= 0.6 is 0 Å². The van der Waals surface area contributed by atoms with Gasteiger partial charge in [0, 0.05) is 5.54 Å². The van der Waals surface area contributed by atoms with Gasteiger partial charge < -0.3 is 5.32 Å². The fraction of sp³-hybridized carbons (Fsp3) is 0.778. The lowest BCUT2D eigenvalue weighted by Crippen LogP contribution is -2.42. The molecule has 0 saturated heterocycles. The van der Waals surface area contributed by atoms with Gasteiger partial charge in [0.2, 0.25) is 0 Å². The maximum Gasteiger partial charge on any atom is 0.0184 e. The molecule has 0 aliphatic carbocycles. The van der Waals surface area contributed by atoms with E-state index in [1.54, 1.807) is 0 Å². The SMILES string of the molecule is C=C(C)C(C)C(C)(C)NC. The zero-order valence-corrected chi connectivity index (χ0v) is 7.78. The molecule has 1 N–H and O–H groups in total. The number of hydrogen-bond donors (Lipinski definition) is 1. The molecule has 0 radical (unpaired) electrons. The molecule has 1 atom stereocenters. The predicted molar refractivity (Wildman–Crippen MR) is 47.1 cm³/mol. The van der Waals surface area contributed by atoms with Crippen LogP contribution in [0.2, 0.25) is 0 Å². The Hall–Kier alpha value is -0.300. The molecule has 0 aromatic heterocycles. The highest BCUT2D eigenvalue weighted by molar-refractivity contribution is 5.03. The second-order valence-corrected chi connectivity index (χ2v) is 3.54. The van der Waals surface area contributed by atoms with Crippen molar-refractivity contribution in [2.75, 3.05) is 7.05 Å². The van der Waals surface area contributed by atoms with E-state index in [2.05, 4.69) is 39.6 Å². The van der Waals surface area contributed by atoms with Gasteiger partial charge >= 0.3 is 0 Å². The lowest BCUT2D eigenvalue weighted by atomic mass is 9.85. The molecule has 0 aliphatic heterocycles. The summed E-state index contributed by atoms with van der Waals surface area (Å²) in [5.74, 6) is 0.525. The highest BCUT2D eigenvalue weighted by atomic mass is 14.9. The molecule has 0 rings (SSSR count). The molecule has 1 nitrogen and oxygen atoms in total. The number of nitrogens with one attached hydrogen (secondary N) is 1. The Labute approximate surface area is 64.5 Å².